The van der Waals surface area contributed by atoms with Crippen LogP contribution in [-0.4, -0.2) is 22.9 Å². The lowest BCUT2D eigenvalue weighted by Crippen LogP contribution is -2.14. The average molecular weight is 355 g/mol. The molecule has 126 valence electrons. The van der Waals surface area contributed by atoms with E-state index in [1.807, 2.05) is 30.3 Å². The molecule has 0 aliphatic rings. The molecule has 0 radical (unpaired) electrons. The Morgan fingerprint density at radius 1 is 1.28 bits per heavy atom. The molecule has 25 heavy (non-hydrogen) atoms. The van der Waals surface area contributed by atoms with Gasteiger partial charge in [0, 0.05) is 21.5 Å². The molecule has 2 aromatic carbocycles. The van der Waals surface area contributed by atoms with Gasteiger partial charge in [0.05, 0.1) is 18.4 Å². The van der Waals surface area contributed by atoms with Crippen molar-refractivity contribution >= 4 is 34.5 Å². The van der Waals surface area contributed by atoms with Crippen molar-refractivity contribution in [2.24, 2.45) is 5.16 Å². The molecular weight excluding hydrogens is 340 g/mol. The molecule has 0 aliphatic heterocycles. The van der Waals surface area contributed by atoms with Crippen molar-refractivity contribution in [3.63, 3.8) is 0 Å². The summed E-state index contributed by atoms with van der Waals surface area (Å²) < 4.78 is 0. The molecule has 1 aromatic heterocycles. The SMILES string of the molecule is C=C(O/N=C/CO)c1c(-c2ccccc2)c2cc(Cl)ccc2[nH]c1=O. The maximum atomic E-state index is 12.7. The minimum Gasteiger partial charge on any atom is -0.391 e. The van der Waals surface area contributed by atoms with E-state index >= 15 is 0 Å². The Balaban J connectivity index is 2.31. The Labute approximate surface area is 148 Å². The number of pyridine rings is 1. The Morgan fingerprint density at radius 2 is 2.04 bits per heavy atom. The van der Waals surface area contributed by atoms with E-state index in [1.54, 1.807) is 18.2 Å². The number of benzene rings is 2. The maximum absolute atomic E-state index is 12.7. The van der Waals surface area contributed by atoms with Gasteiger partial charge in [-0.05, 0) is 23.8 Å². The normalized spacial score (nSPS) is 11.1. The number of hydrogen-bond acceptors (Lipinski definition) is 4. The second kappa shape index (κ2) is 7.34. The number of aliphatic hydroxyl groups is 1. The molecule has 5 nitrogen and oxygen atoms in total. The third kappa shape index (κ3) is 3.47. The van der Waals surface area contributed by atoms with Gasteiger partial charge >= 0.3 is 0 Å². The fraction of sp³-hybridized carbons (Fsp3) is 0.0526. The van der Waals surface area contributed by atoms with Gasteiger partial charge < -0.3 is 14.9 Å². The van der Waals surface area contributed by atoms with E-state index in [0.717, 1.165) is 10.9 Å². The minimum atomic E-state index is -0.349. The number of hydrogen-bond donors (Lipinski definition) is 2. The Kier molecular flexibility index (Phi) is 4.97. The van der Waals surface area contributed by atoms with Crippen LogP contribution in [0.2, 0.25) is 5.02 Å². The predicted molar refractivity (Wildman–Crippen MR) is 101 cm³/mol. The summed E-state index contributed by atoms with van der Waals surface area (Å²) in [5.74, 6) is 0.0756. The van der Waals surface area contributed by atoms with Gasteiger partial charge in [-0.1, -0.05) is 53.7 Å². The third-order valence-corrected chi connectivity index (χ3v) is 3.87. The van der Waals surface area contributed by atoms with Crippen LogP contribution < -0.4 is 5.56 Å². The number of oxime groups is 1. The highest BCUT2D eigenvalue weighted by atomic mass is 35.5. The predicted octanol–water partition coefficient (Wildman–Crippen LogP) is 3.81. The molecule has 0 saturated carbocycles. The van der Waals surface area contributed by atoms with Crippen LogP contribution in [0.1, 0.15) is 5.56 Å². The number of rotatable bonds is 5. The lowest BCUT2D eigenvalue weighted by atomic mass is 9.95. The number of H-pyrrole nitrogens is 1. The smallest absolute Gasteiger partial charge is 0.260 e. The quantitative estimate of drug-likeness (QED) is 0.415. The van der Waals surface area contributed by atoms with Crippen molar-refractivity contribution in [1.82, 2.24) is 4.98 Å². The molecule has 0 atom stereocenters. The average Bonchev–Trinajstić information content (AvgIpc) is 2.62. The maximum Gasteiger partial charge on any atom is 0.260 e. The summed E-state index contributed by atoms with van der Waals surface area (Å²) in [4.78, 5) is 20.6. The van der Waals surface area contributed by atoms with Gasteiger partial charge in [0.2, 0.25) is 0 Å². The summed E-state index contributed by atoms with van der Waals surface area (Å²) >= 11 is 6.16. The molecule has 6 heteroatoms. The number of aromatic amines is 1. The van der Waals surface area contributed by atoms with E-state index in [1.165, 1.54) is 6.21 Å². The molecule has 2 N–H and O–H groups in total. The van der Waals surface area contributed by atoms with Crippen LogP contribution >= 0.6 is 11.6 Å². The number of aromatic nitrogens is 1. The zero-order valence-corrected chi connectivity index (χ0v) is 14.0. The second-order valence-corrected chi connectivity index (χ2v) is 5.68. The largest absolute Gasteiger partial charge is 0.391 e. The zero-order valence-electron chi connectivity index (χ0n) is 13.2. The molecule has 0 aliphatic carbocycles. The Hall–Kier alpha value is -2.89. The lowest BCUT2D eigenvalue weighted by molar-refractivity contribution is 0.292. The van der Waals surface area contributed by atoms with E-state index in [2.05, 4.69) is 16.7 Å². The highest BCUT2D eigenvalue weighted by Crippen LogP contribution is 2.33. The van der Waals surface area contributed by atoms with Crippen molar-refractivity contribution in [1.29, 1.82) is 0 Å². The van der Waals surface area contributed by atoms with Crippen LogP contribution in [0.5, 0.6) is 0 Å². The first-order valence-electron chi connectivity index (χ1n) is 7.51. The van der Waals surface area contributed by atoms with Gasteiger partial charge in [-0.2, -0.15) is 0 Å². The summed E-state index contributed by atoms with van der Waals surface area (Å²) in [6.07, 6.45) is 1.17. The van der Waals surface area contributed by atoms with Crippen LogP contribution in [0.4, 0.5) is 0 Å². The molecule has 3 rings (SSSR count). The second-order valence-electron chi connectivity index (χ2n) is 5.25. The summed E-state index contributed by atoms with van der Waals surface area (Å²) in [7, 11) is 0. The van der Waals surface area contributed by atoms with Crippen LogP contribution in [0.25, 0.3) is 27.8 Å². The number of aliphatic hydroxyl groups excluding tert-OH is 1. The van der Waals surface area contributed by atoms with E-state index < -0.39 is 0 Å². The van der Waals surface area contributed by atoms with Crippen molar-refractivity contribution in [3.05, 3.63) is 76.0 Å². The van der Waals surface area contributed by atoms with Gasteiger partial charge in [0.25, 0.3) is 5.56 Å². The molecule has 0 amide bonds. The summed E-state index contributed by atoms with van der Waals surface area (Å²) in [5.41, 5.74) is 2.05. The van der Waals surface area contributed by atoms with Crippen LogP contribution in [0.15, 0.2) is 65.1 Å². The number of nitrogens with zero attached hydrogens (tertiary/aromatic N) is 1. The van der Waals surface area contributed by atoms with E-state index in [0.29, 0.717) is 16.1 Å². The molecule has 0 spiro atoms. The molecule has 0 fully saturated rings. The third-order valence-electron chi connectivity index (χ3n) is 3.64. The van der Waals surface area contributed by atoms with Gasteiger partial charge in [0.1, 0.15) is 0 Å². The Morgan fingerprint density at radius 3 is 2.76 bits per heavy atom. The number of nitrogens with one attached hydrogen (secondary N) is 1. The van der Waals surface area contributed by atoms with Crippen molar-refractivity contribution in [3.8, 4) is 11.1 Å². The minimum absolute atomic E-state index is 0.0756. The fourth-order valence-electron chi connectivity index (χ4n) is 2.62. The lowest BCUT2D eigenvalue weighted by Gasteiger charge is -2.13. The topological polar surface area (TPSA) is 74.7 Å². The Bertz CT molecular complexity index is 1010. The van der Waals surface area contributed by atoms with E-state index in [9.17, 15) is 4.79 Å². The molecule has 1 heterocycles. The van der Waals surface area contributed by atoms with Gasteiger partial charge in [0.15, 0.2) is 5.76 Å². The number of halogens is 1. The summed E-state index contributed by atoms with van der Waals surface area (Å²) in [5, 5.41) is 13.7. The standard InChI is InChI=1S/C19H15ClN2O3/c1-12(25-21-9-10-23)17-18(13-5-3-2-4-6-13)15-11-14(20)7-8-16(15)22-19(17)24/h2-9,11,23H,1,10H2,(H,22,24)/b21-9+. The van der Waals surface area contributed by atoms with Crippen LogP contribution in [0.3, 0.4) is 0 Å². The molecule has 0 saturated heterocycles. The van der Waals surface area contributed by atoms with Gasteiger partial charge in [-0.25, -0.2) is 0 Å². The molecule has 3 aromatic rings. The first-order chi connectivity index (χ1) is 12.1. The molecule has 0 bridgehead atoms. The van der Waals surface area contributed by atoms with Crippen molar-refractivity contribution in [2.45, 2.75) is 0 Å². The van der Waals surface area contributed by atoms with Crippen molar-refractivity contribution < 1.29 is 9.94 Å². The van der Waals surface area contributed by atoms with Crippen LogP contribution in [-0.2, 0) is 4.84 Å². The van der Waals surface area contributed by atoms with Crippen LogP contribution in [0, 0.1) is 0 Å². The number of fused-ring (bicyclic) bond motifs is 1. The molecule has 0 unspecified atom stereocenters. The van der Waals surface area contributed by atoms with E-state index in [-0.39, 0.29) is 23.5 Å². The first-order valence-corrected chi connectivity index (χ1v) is 7.89. The fourth-order valence-corrected chi connectivity index (χ4v) is 2.79. The van der Waals surface area contributed by atoms with E-state index in [4.69, 9.17) is 21.5 Å². The first kappa shape index (κ1) is 17.0. The highest BCUT2D eigenvalue weighted by molar-refractivity contribution is 6.31. The molecular formula is C19H15ClN2O3. The monoisotopic (exact) mass is 354 g/mol. The summed E-state index contributed by atoms with van der Waals surface area (Å²) in [6.45, 7) is 3.53. The highest BCUT2D eigenvalue weighted by Gasteiger charge is 2.18. The van der Waals surface area contributed by atoms with Gasteiger partial charge in [-0.3, -0.25) is 4.79 Å². The van der Waals surface area contributed by atoms with Gasteiger partial charge in [-0.15, -0.1) is 0 Å². The summed E-state index contributed by atoms with van der Waals surface area (Å²) in [6, 6.07) is 14.7. The zero-order chi connectivity index (χ0) is 17.8. The van der Waals surface area contributed by atoms with Crippen molar-refractivity contribution in [2.75, 3.05) is 6.61 Å².